The van der Waals surface area contributed by atoms with Crippen LogP contribution < -0.4 is 20.8 Å². The van der Waals surface area contributed by atoms with Crippen LogP contribution in [0, 0.1) is 17.1 Å². The van der Waals surface area contributed by atoms with Crippen LogP contribution in [0.2, 0.25) is 0 Å². The minimum Gasteiger partial charge on any atom is -0.349 e. The van der Waals surface area contributed by atoms with E-state index in [0.29, 0.717) is 61.2 Å². The Morgan fingerprint density at radius 1 is 1.12 bits per heavy atom. The van der Waals surface area contributed by atoms with Crippen molar-refractivity contribution in [2.24, 2.45) is 0 Å². The minimum absolute atomic E-state index is 0. The molecule has 0 aliphatic carbocycles. The van der Waals surface area contributed by atoms with Crippen LogP contribution >= 0.6 is 12.4 Å². The normalized spacial score (nSPS) is 15.0. The molecule has 4 aromatic rings. The van der Waals surface area contributed by atoms with E-state index < -0.39 is 11.5 Å². The maximum atomic E-state index is 15.3. The van der Waals surface area contributed by atoms with Gasteiger partial charge in [0.2, 0.25) is 5.95 Å². The Labute approximate surface area is 256 Å². The van der Waals surface area contributed by atoms with Crippen molar-refractivity contribution in [1.29, 1.82) is 5.26 Å². The summed E-state index contributed by atoms with van der Waals surface area (Å²) in [6, 6.07) is 8.96. The maximum Gasteiger partial charge on any atom is 0.350 e. The lowest BCUT2D eigenvalue weighted by Gasteiger charge is -2.40. The van der Waals surface area contributed by atoms with Crippen LogP contribution in [0.15, 0.2) is 54.0 Å². The summed E-state index contributed by atoms with van der Waals surface area (Å²) < 4.78 is 17.8. The molecule has 5 rings (SSSR count). The number of nitrogens with one attached hydrogen (secondary N) is 1. The molecule has 1 saturated heterocycles. The predicted octanol–water partition coefficient (Wildman–Crippen LogP) is 3.59. The van der Waals surface area contributed by atoms with E-state index in [9.17, 15) is 10.1 Å². The Kier molecular flexibility index (Phi) is 10.1. The SMILES string of the molecule is CCc1cnc(N2CCN(c3ncc(-c4ccc(-n5cnn(CCNC(C)C)c5=O)c(F)c4)cc3C#N)C(C)C2)nc1.Cl. The average molecular weight is 607 g/mol. The fraction of sp³-hybridized carbons (Fsp3) is 0.400. The van der Waals surface area contributed by atoms with E-state index >= 15 is 4.39 Å². The molecule has 0 amide bonds. The van der Waals surface area contributed by atoms with Crippen LogP contribution in [-0.2, 0) is 13.0 Å². The van der Waals surface area contributed by atoms with Crippen LogP contribution in [0.3, 0.4) is 0 Å². The highest BCUT2D eigenvalue weighted by Crippen LogP contribution is 2.29. The van der Waals surface area contributed by atoms with Crippen molar-refractivity contribution in [3.05, 3.63) is 76.6 Å². The van der Waals surface area contributed by atoms with Gasteiger partial charge in [0.15, 0.2) is 0 Å². The summed E-state index contributed by atoms with van der Waals surface area (Å²) in [5, 5.41) is 17.3. The van der Waals surface area contributed by atoms with E-state index in [1.165, 1.54) is 21.6 Å². The van der Waals surface area contributed by atoms with E-state index in [1.54, 1.807) is 24.4 Å². The first-order valence-electron chi connectivity index (χ1n) is 14.2. The third-order valence-electron chi connectivity index (χ3n) is 7.42. The van der Waals surface area contributed by atoms with Gasteiger partial charge < -0.3 is 15.1 Å². The molecule has 0 radical (unpaired) electrons. The van der Waals surface area contributed by atoms with E-state index in [4.69, 9.17) is 0 Å². The van der Waals surface area contributed by atoms with Gasteiger partial charge in [-0.15, -0.1) is 12.4 Å². The van der Waals surface area contributed by atoms with E-state index in [-0.39, 0.29) is 30.2 Å². The highest BCUT2D eigenvalue weighted by Gasteiger charge is 2.28. The van der Waals surface area contributed by atoms with Gasteiger partial charge in [-0.2, -0.15) is 10.4 Å². The molecule has 3 aromatic heterocycles. The number of hydrogen-bond donors (Lipinski definition) is 1. The quantitative estimate of drug-likeness (QED) is 0.305. The second-order valence-corrected chi connectivity index (χ2v) is 10.7. The second kappa shape index (κ2) is 13.8. The van der Waals surface area contributed by atoms with Gasteiger partial charge in [-0.3, -0.25) is 0 Å². The number of nitrogens with zero attached hydrogens (tertiary/aromatic N) is 9. The fourth-order valence-corrected chi connectivity index (χ4v) is 5.07. The number of nitriles is 1. The number of halogens is 2. The van der Waals surface area contributed by atoms with Crippen molar-refractivity contribution in [2.75, 3.05) is 36.0 Å². The molecule has 0 spiro atoms. The van der Waals surface area contributed by atoms with Crippen molar-refractivity contribution < 1.29 is 4.39 Å². The molecule has 1 unspecified atom stereocenters. The number of benzene rings is 1. The van der Waals surface area contributed by atoms with Gasteiger partial charge in [0.05, 0.1) is 17.8 Å². The number of rotatable bonds is 9. The van der Waals surface area contributed by atoms with Crippen LogP contribution in [-0.4, -0.2) is 67.6 Å². The van der Waals surface area contributed by atoms with Crippen LogP contribution in [0.25, 0.3) is 16.8 Å². The van der Waals surface area contributed by atoms with Crippen LogP contribution in [0.4, 0.5) is 16.2 Å². The summed E-state index contributed by atoms with van der Waals surface area (Å²) in [6.45, 7) is 11.2. The smallest absolute Gasteiger partial charge is 0.349 e. The van der Waals surface area contributed by atoms with E-state index in [0.717, 1.165) is 12.0 Å². The third-order valence-corrected chi connectivity index (χ3v) is 7.42. The van der Waals surface area contributed by atoms with Gasteiger partial charge >= 0.3 is 5.69 Å². The molecule has 0 bridgehead atoms. The number of aryl methyl sites for hydroxylation is 1. The highest BCUT2D eigenvalue weighted by atomic mass is 35.5. The monoisotopic (exact) mass is 606 g/mol. The Morgan fingerprint density at radius 2 is 1.88 bits per heavy atom. The number of hydrogen-bond acceptors (Lipinski definition) is 9. The Balaban J connectivity index is 0.00000423. The zero-order valence-electron chi connectivity index (χ0n) is 24.7. The largest absolute Gasteiger partial charge is 0.350 e. The minimum atomic E-state index is -0.573. The van der Waals surface area contributed by atoms with Gasteiger partial charge in [-0.1, -0.05) is 26.8 Å². The van der Waals surface area contributed by atoms with Crippen LogP contribution in [0.5, 0.6) is 0 Å². The summed E-state index contributed by atoms with van der Waals surface area (Å²) in [6.07, 6.45) is 7.60. The molecule has 4 heterocycles. The van der Waals surface area contributed by atoms with Gasteiger partial charge in [-0.25, -0.2) is 33.4 Å². The summed E-state index contributed by atoms with van der Waals surface area (Å²) in [5.41, 5.74) is 2.37. The van der Waals surface area contributed by atoms with Crippen molar-refractivity contribution in [1.82, 2.24) is 34.6 Å². The summed E-state index contributed by atoms with van der Waals surface area (Å²) in [4.78, 5) is 30.7. The average Bonchev–Trinajstić information content (AvgIpc) is 3.36. The maximum absolute atomic E-state index is 15.3. The standard InChI is InChI=1S/C30H35FN10O.ClH/c1-5-22-15-35-29(36-16-22)38-10-11-39(21(4)18-38)28-24(14-32)12-25(17-34-28)23-6-7-27(26(31)13-23)40-19-37-41(30(40)42)9-8-33-20(2)3;/h6-7,12-13,15-17,19-21,33H,5,8-11,18H2,1-4H3;1H. The molecule has 1 fully saturated rings. The van der Waals surface area contributed by atoms with E-state index in [1.807, 2.05) is 26.2 Å². The second-order valence-electron chi connectivity index (χ2n) is 10.7. The van der Waals surface area contributed by atoms with Gasteiger partial charge in [-0.05, 0) is 42.7 Å². The molecule has 0 saturated carbocycles. The lowest BCUT2D eigenvalue weighted by atomic mass is 10.0. The topological polar surface area (TPSA) is 121 Å². The lowest BCUT2D eigenvalue weighted by Crippen LogP contribution is -2.53. The van der Waals surface area contributed by atoms with Crippen molar-refractivity contribution in [3.63, 3.8) is 0 Å². The van der Waals surface area contributed by atoms with Gasteiger partial charge in [0.25, 0.3) is 0 Å². The molecule has 11 nitrogen and oxygen atoms in total. The summed E-state index contributed by atoms with van der Waals surface area (Å²) >= 11 is 0. The molecule has 1 N–H and O–H groups in total. The van der Waals surface area contributed by atoms with Gasteiger partial charge in [0, 0.05) is 62.4 Å². The summed E-state index contributed by atoms with van der Waals surface area (Å²) in [7, 11) is 0. The van der Waals surface area contributed by atoms with Crippen molar-refractivity contribution >= 4 is 24.2 Å². The summed E-state index contributed by atoms with van der Waals surface area (Å²) in [5.74, 6) is 0.723. The Morgan fingerprint density at radius 3 is 2.53 bits per heavy atom. The van der Waals surface area contributed by atoms with Crippen molar-refractivity contribution in [3.8, 4) is 22.9 Å². The number of piperazine rings is 1. The number of anilines is 2. The molecule has 1 atom stereocenters. The molecule has 1 aromatic carbocycles. The Bertz CT molecular complexity index is 1650. The molecule has 43 heavy (non-hydrogen) atoms. The number of pyridine rings is 1. The zero-order chi connectivity index (χ0) is 29.8. The molecular formula is C30H36ClFN10O. The van der Waals surface area contributed by atoms with Gasteiger partial charge in [0.1, 0.15) is 24.0 Å². The molecule has 226 valence electrons. The lowest BCUT2D eigenvalue weighted by molar-refractivity contribution is 0.504. The molecule has 1 aliphatic heterocycles. The highest BCUT2D eigenvalue weighted by molar-refractivity contribution is 5.85. The van der Waals surface area contributed by atoms with E-state index in [2.05, 4.69) is 55.1 Å². The fourth-order valence-electron chi connectivity index (χ4n) is 5.07. The molecule has 1 aliphatic rings. The van der Waals surface area contributed by atoms with Crippen LogP contribution in [0.1, 0.15) is 38.8 Å². The first kappa shape index (κ1) is 31.6. The first-order valence-corrected chi connectivity index (χ1v) is 14.2. The Hall–Kier alpha value is -4.34. The first-order chi connectivity index (χ1) is 20.3. The number of aromatic nitrogens is 6. The molecule has 13 heteroatoms. The molecular weight excluding hydrogens is 571 g/mol. The zero-order valence-corrected chi connectivity index (χ0v) is 25.6. The van der Waals surface area contributed by atoms with Crippen molar-refractivity contribution in [2.45, 2.75) is 52.7 Å². The third kappa shape index (κ3) is 6.84. The predicted molar refractivity (Wildman–Crippen MR) is 167 cm³/mol.